The van der Waals surface area contributed by atoms with Crippen molar-refractivity contribution in [2.45, 2.75) is 26.3 Å². The van der Waals surface area contributed by atoms with Gasteiger partial charge in [-0.2, -0.15) is 0 Å². The standard InChI is InChI=1S/C24H27N3O2S/c1-3-18-7-4-5-8-20(18)27-23(29)16-25-22(28)15-26-24(21-9-6-14-30-21)19-12-10-17(2)11-13-19/h4-14,24,26H,3,15-16H2,1-2H3,(H,25,28)(H,27,29)/t24-/m1/s1. The zero-order valence-electron chi connectivity index (χ0n) is 17.3. The van der Waals surface area contributed by atoms with Crippen LogP contribution in [0.3, 0.4) is 0 Å². The highest BCUT2D eigenvalue weighted by Gasteiger charge is 2.16. The van der Waals surface area contributed by atoms with Crippen LogP contribution in [0.2, 0.25) is 0 Å². The van der Waals surface area contributed by atoms with Gasteiger partial charge in [0.25, 0.3) is 0 Å². The van der Waals surface area contributed by atoms with Crippen molar-refractivity contribution in [3.63, 3.8) is 0 Å². The molecule has 5 nitrogen and oxygen atoms in total. The first-order chi connectivity index (χ1) is 14.6. The highest BCUT2D eigenvalue weighted by molar-refractivity contribution is 7.10. The number of hydrogen-bond donors (Lipinski definition) is 3. The summed E-state index contributed by atoms with van der Waals surface area (Å²) in [4.78, 5) is 25.7. The number of carbonyl (C=O) groups excluding carboxylic acids is 2. The highest BCUT2D eigenvalue weighted by Crippen LogP contribution is 2.26. The maximum Gasteiger partial charge on any atom is 0.243 e. The summed E-state index contributed by atoms with van der Waals surface area (Å²) < 4.78 is 0. The van der Waals surface area contributed by atoms with Crippen molar-refractivity contribution >= 4 is 28.8 Å². The number of carbonyl (C=O) groups is 2. The Hall–Kier alpha value is -2.96. The van der Waals surface area contributed by atoms with E-state index in [1.54, 1.807) is 11.3 Å². The van der Waals surface area contributed by atoms with E-state index in [-0.39, 0.29) is 30.9 Å². The minimum absolute atomic E-state index is 0.0627. The Labute approximate surface area is 181 Å². The topological polar surface area (TPSA) is 70.2 Å². The van der Waals surface area contributed by atoms with Crippen molar-refractivity contribution in [1.82, 2.24) is 10.6 Å². The summed E-state index contributed by atoms with van der Waals surface area (Å²) in [5.41, 5.74) is 4.15. The summed E-state index contributed by atoms with van der Waals surface area (Å²) in [5, 5.41) is 10.9. The van der Waals surface area contributed by atoms with Gasteiger partial charge in [0.2, 0.25) is 11.8 Å². The van der Waals surface area contributed by atoms with Crippen LogP contribution >= 0.6 is 11.3 Å². The molecule has 3 rings (SSSR count). The van der Waals surface area contributed by atoms with Crippen molar-refractivity contribution in [3.8, 4) is 0 Å². The van der Waals surface area contributed by atoms with E-state index in [9.17, 15) is 9.59 Å². The van der Waals surface area contributed by atoms with Gasteiger partial charge in [-0.15, -0.1) is 11.3 Å². The van der Waals surface area contributed by atoms with Crippen LogP contribution in [-0.2, 0) is 16.0 Å². The molecule has 0 aliphatic heterocycles. The number of hydrogen-bond acceptors (Lipinski definition) is 4. The predicted molar refractivity (Wildman–Crippen MR) is 123 cm³/mol. The van der Waals surface area contributed by atoms with E-state index in [2.05, 4.69) is 53.2 Å². The lowest BCUT2D eigenvalue weighted by atomic mass is 10.0. The number of thiophene rings is 1. The molecule has 1 aromatic heterocycles. The van der Waals surface area contributed by atoms with Crippen LogP contribution in [-0.4, -0.2) is 24.9 Å². The summed E-state index contributed by atoms with van der Waals surface area (Å²) in [5.74, 6) is -0.458. The molecule has 0 radical (unpaired) electrons. The Morgan fingerprint density at radius 3 is 2.40 bits per heavy atom. The number of benzene rings is 2. The van der Waals surface area contributed by atoms with E-state index in [1.165, 1.54) is 5.56 Å². The van der Waals surface area contributed by atoms with E-state index < -0.39 is 0 Å². The third-order valence-electron chi connectivity index (χ3n) is 4.82. The van der Waals surface area contributed by atoms with Gasteiger partial charge in [-0.3, -0.25) is 14.9 Å². The fourth-order valence-electron chi connectivity index (χ4n) is 3.18. The highest BCUT2D eigenvalue weighted by atomic mass is 32.1. The van der Waals surface area contributed by atoms with Crippen LogP contribution in [0.15, 0.2) is 66.0 Å². The van der Waals surface area contributed by atoms with Gasteiger partial charge in [0.05, 0.1) is 19.1 Å². The van der Waals surface area contributed by atoms with Crippen molar-refractivity contribution < 1.29 is 9.59 Å². The molecule has 1 heterocycles. The van der Waals surface area contributed by atoms with Crippen LogP contribution in [0.1, 0.15) is 34.5 Å². The molecule has 2 amide bonds. The van der Waals surface area contributed by atoms with Gasteiger partial charge >= 0.3 is 0 Å². The van der Waals surface area contributed by atoms with Gasteiger partial charge < -0.3 is 10.6 Å². The van der Waals surface area contributed by atoms with Gasteiger partial charge in [-0.1, -0.05) is 61.0 Å². The summed E-state index contributed by atoms with van der Waals surface area (Å²) in [6, 6.07) is 19.9. The normalized spacial score (nSPS) is 11.7. The molecule has 30 heavy (non-hydrogen) atoms. The zero-order chi connectivity index (χ0) is 21.3. The second kappa shape index (κ2) is 10.7. The molecule has 0 bridgehead atoms. The van der Waals surface area contributed by atoms with Crippen molar-refractivity contribution in [1.29, 1.82) is 0 Å². The molecule has 0 aliphatic rings. The number of para-hydroxylation sites is 1. The lowest BCUT2D eigenvalue weighted by molar-refractivity contribution is -0.123. The fraction of sp³-hybridized carbons (Fsp3) is 0.250. The molecule has 2 aromatic carbocycles. The minimum Gasteiger partial charge on any atom is -0.346 e. The molecule has 3 N–H and O–H groups in total. The third kappa shape index (κ3) is 6.02. The molecule has 156 valence electrons. The number of rotatable bonds is 9. The van der Waals surface area contributed by atoms with Gasteiger partial charge in [0.15, 0.2) is 0 Å². The molecule has 0 aliphatic carbocycles. The second-order valence-electron chi connectivity index (χ2n) is 7.08. The van der Waals surface area contributed by atoms with Gasteiger partial charge in [-0.25, -0.2) is 0 Å². The summed E-state index contributed by atoms with van der Waals surface area (Å²) in [6.45, 7) is 4.15. The van der Waals surface area contributed by atoms with Crippen LogP contribution in [0.5, 0.6) is 0 Å². The SMILES string of the molecule is CCc1ccccc1NC(=O)CNC(=O)CN[C@H](c1ccc(C)cc1)c1cccs1. The lowest BCUT2D eigenvalue weighted by Crippen LogP contribution is -2.39. The molecule has 3 aromatic rings. The Kier molecular flexibility index (Phi) is 7.76. The van der Waals surface area contributed by atoms with Gasteiger partial charge in [-0.05, 0) is 42.0 Å². The van der Waals surface area contributed by atoms with Crippen LogP contribution in [0.25, 0.3) is 0 Å². The average Bonchev–Trinajstić information content (AvgIpc) is 3.28. The number of amides is 2. The van der Waals surface area contributed by atoms with E-state index in [0.717, 1.165) is 28.1 Å². The first-order valence-electron chi connectivity index (χ1n) is 10.0. The van der Waals surface area contributed by atoms with E-state index in [0.29, 0.717) is 0 Å². The van der Waals surface area contributed by atoms with Gasteiger partial charge in [0.1, 0.15) is 0 Å². The van der Waals surface area contributed by atoms with E-state index in [1.807, 2.05) is 42.6 Å². The quantitative estimate of drug-likeness (QED) is 0.488. The Morgan fingerprint density at radius 1 is 0.933 bits per heavy atom. The first kappa shape index (κ1) is 21.7. The maximum absolute atomic E-state index is 12.3. The molecule has 6 heteroatoms. The minimum atomic E-state index is -0.238. The summed E-state index contributed by atoms with van der Waals surface area (Å²) >= 11 is 1.65. The Bertz CT molecular complexity index is 968. The molecule has 0 unspecified atom stereocenters. The summed E-state index contributed by atoms with van der Waals surface area (Å²) in [6.07, 6.45) is 0.829. The average molecular weight is 422 g/mol. The number of anilines is 1. The van der Waals surface area contributed by atoms with Crippen molar-refractivity contribution in [2.24, 2.45) is 0 Å². The second-order valence-corrected chi connectivity index (χ2v) is 8.05. The van der Waals surface area contributed by atoms with Gasteiger partial charge in [0, 0.05) is 10.6 Å². The zero-order valence-corrected chi connectivity index (χ0v) is 18.1. The Morgan fingerprint density at radius 2 is 1.70 bits per heavy atom. The molecular weight excluding hydrogens is 394 g/mol. The molecule has 1 atom stereocenters. The molecule has 0 saturated heterocycles. The Balaban J connectivity index is 1.53. The molecular formula is C24H27N3O2S. The van der Waals surface area contributed by atoms with Crippen molar-refractivity contribution in [2.75, 3.05) is 18.4 Å². The maximum atomic E-state index is 12.3. The van der Waals surface area contributed by atoms with Crippen LogP contribution in [0.4, 0.5) is 5.69 Å². The number of aryl methyl sites for hydroxylation is 2. The van der Waals surface area contributed by atoms with E-state index in [4.69, 9.17) is 0 Å². The largest absolute Gasteiger partial charge is 0.346 e. The fourth-order valence-corrected chi connectivity index (χ4v) is 4.01. The number of nitrogens with one attached hydrogen (secondary N) is 3. The van der Waals surface area contributed by atoms with Crippen LogP contribution in [0, 0.1) is 6.92 Å². The smallest absolute Gasteiger partial charge is 0.243 e. The first-order valence-corrected chi connectivity index (χ1v) is 10.9. The van der Waals surface area contributed by atoms with E-state index >= 15 is 0 Å². The molecule has 0 saturated carbocycles. The van der Waals surface area contributed by atoms with Crippen molar-refractivity contribution in [3.05, 3.63) is 87.6 Å². The predicted octanol–water partition coefficient (Wildman–Crippen LogP) is 4.05. The lowest BCUT2D eigenvalue weighted by Gasteiger charge is -2.18. The van der Waals surface area contributed by atoms with Crippen LogP contribution < -0.4 is 16.0 Å². The molecule has 0 fully saturated rings. The monoisotopic (exact) mass is 421 g/mol. The third-order valence-corrected chi connectivity index (χ3v) is 5.76. The summed E-state index contributed by atoms with van der Waals surface area (Å²) in [7, 11) is 0. The molecule has 0 spiro atoms.